The Morgan fingerprint density at radius 3 is 2.81 bits per heavy atom. The zero-order valence-electron chi connectivity index (χ0n) is 17.1. The smallest absolute Gasteiger partial charge is 0.255 e. The van der Waals surface area contributed by atoms with Crippen molar-refractivity contribution < 1.29 is 24.1 Å². The number of benzene rings is 2. The Balaban J connectivity index is 1.56. The third kappa shape index (κ3) is 4.45. The molecule has 8 heteroatoms. The highest BCUT2D eigenvalue weighted by molar-refractivity contribution is 5.97. The average molecular weight is 425 g/mol. The third-order valence-corrected chi connectivity index (χ3v) is 5.58. The second kappa shape index (κ2) is 8.87. The van der Waals surface area contributed by atoms with E-state index in [4.69, 9.17) is 4.74 Å². The summed E-state index contributed by atoms with van der Waals surface area (Å²) in [4.78, 5) is 12.7. The Hall–Kier alpha value is -3.23. The fourth-order valence-corrected chi connectivity index (χ4v) is 3.69. The van der Waals surface area contributed by atoms with E-state index in [1.165, 1.54) is 6.07 Å². The first-order valence-electron chi connectivity index (χ1n) is 10.1. The van der Waals surface area contributed by atoms with Gasteiger partial charge in [-0.15, -0.1) is 0 Å². The lowest BCUT2D eigenvalue weighted by molar-refractivity contribution is -0.0261. The highest BCUT2D eigenvalue weighted by Crippen LogP contribution is 2.29. The van der Waals surface area contributed by atoms with E-state index < -0.39 is 29.6 Å². The van der Waals surface area contributed by atoms with E-state index in [0.29, 0.717) is 25.0 Å². The molecule has 1 saturated heterocycles. The van der Waals surface area contributed by atoms with Crippen molar-refractivity contribution in [1.29, 1.82) is 0 Å². The number of hydrogen-bond donors (Lipinski definition) is 3. The number of phenolic OH excluding ortho intramolecular Hbond substituents is 1. The Morgan fingerprint density at radius 1 is 1.35 bits per heavy atom. The molecule has 2 heterocycles. The summed E-state index contributed by atoms with van der Waals surface area (Å²) < 4.78 is 21.6. The second-order valence-electron chi connectivity index (χ2n) is 7.68. The predicted molar refractivity (Wildman–Crippen MR) is 112 cm³/mol. The number of carbonyl (C=O) groups is 1. The minimum absolute atomic E-state index is 0.124. The lowest BCUT2D eigenvalue weighted by Gasteiger charge is -2.28. The molecular weight excluding hydrogens is 401 g/mol. The normalized spacial score (nSPS) is 18.7. The van der Waals surface area contributed by atoms with Gasteiger partial charge < -0.3 is 20.3 Å². The maximum Gasteiger partial charge on any atom is 0.255 e. The molecule has 7 nitrogen and oxygen atoms in total. The molecule has 0 saturated carbocycles. The van der Waals surface area contributed by atoms with Crippen LogP contribution in [0.4, 0.5) is 4.39 Å². The molecule has 3 aromatic rings. The largest absolute Gasteiger partial charge is 0.504 e. The van der Waals surface area contributed by atoms with Crippen molar-refractivity contribution in [2.45, 2.75) is 31.9 Å². The van der Waals surface area contributed by atoms with Crippen molar-refractivity contribution in [1.82, 2.24) is 15.1 Å². The number of aromatic hydroxyl groups is 1. The number of aliphatic hydroxyl groups is 1. The maximum absolute atomic E-state index is 14.7. The minimum atomic E-state index is -0.845. The van der Waals surface area contributed by atoms with E-state index in [1.54, 1.807) is 17.8 Å². The monoisotopic (exact) mass is 425 g/mol. The summed E-state index contributed by atoms with van der Waals surface area (Å²) in [5, 5.41) is 27.1. The van der Waals surface area contributed by atoms with Crippen LogP contribution in [-0.2, 0) is 11.2 Å². The summed E-state index contributed by atoms with van der Waals surface area (Å²) in [5.41, 5.74) is 2.56. The van der Waals surface area contributed by atoms with Gasteiger partial charge in [-0.2, -0.15) is 5.10 Å². The lowest BCUT2D eigenvalue weighted by atomic mass is 9.96. The number of phenols is 1. The highest BCUT2D eigenvalue weighted by atomic mass is 19.1. The number of ether oxygens (including phenoxy) is 1. The van der Waals surface area contributed by atoms with Gasteiger partial charge in [0.25, 0.3) is 5.91 Å². The maximum atomic E-state index is 14.7. The van der Waals surface area contributed by atoms with Gasteiger partial charge in [-0.25, -0.2) is 9.07 Å². The third-order valence-electron chi connectivity index (χ3n) is 5.58. The van der Waals surface area contributed by atoms with Crippen LogP contribution in [-0.4, -0.2) is 51.3 Å². The van der Waals surface area contributed by atoms with E-state index in [9.17, 15) is 19.4 Å². The van der Waals surface area contributed by atoms with E-state index in [-0.39, 0.29) is 17.7 Å². The first-order chi connectivity index (χ1) is 14.9. The molecule has 31 heavy (non-hydrogen) atoms. The zero-order valence-corrected chi connectivity index (χ0v) is 17.1. The molecular formula is C23H24FN3O4. The topological polar surface area (TPSA) is 96.6 Å². The quantitative estimate of drug-likeness (QED) is 0.584. The van der Waals surface area contributed by atoms with Crippen LogP contribution < -0.4 is 5.32 Å². The van der Waals surface area contributed by atoms with Crippen molar-refractivity contribution in [2.24, 2.45) is 0 Å². The molecule has 0 radical (unpaired) electrons. The minimum Gasteiger partial charge on any atom is -0.504 e. The molecule has 1 aromatic heterocycles. The van der Waals surface area contributed by atoms with E-state index in [2.05, 4.69) is 10.4 Å². The summed E-state index contributed by atoms with van der Waals surface area (Å²) in [7, 11) is 0. The van der Waals surface area contributed by atoms with Crippen LogP contribution in [0.1, 0.15) is 33.5 Å². The molecule has 3 N–H and O–H groups in total. The first-order valence-corrected chi connectivity index (χ1v) is 10.1. The Bertz CT molecular complexity index is 1070. The number of nitrogens with zero attached hydrogens (tertiary/aromatic N) is 2. The molecule has 1 fully saturated rings. The zero-order chi connectivity index (χ0) is 22.0. The molecule has 1 aliphatic rings. The summed E-state index contributed by atoms with van der Waals surface area (Å²) in [6, 6.07) is 10.5. The van der Waals surface area contributed by atoms with E-state index in [1.807, 2.05) is 36.5 Å². The average Bonchev–Trinajstić information content (AvgIpc) is 3.31. The molecule has 162 valence electrons. The number of aromatic nitrogens is 2. The molecule has 0 bridgehead atoms. The van der Waals surface area contributed by atoms with E-state index in [0.717, 1.165) is 11.3 Å². The van der Waals surface area contributed by atoms with Crippen molar-refractivity contribution in [3.8, 4) is 11.4 Å². The standard InChI is InChI=1S/C23H24FN3O4/c1-14-16(11-15-3-5-17(6-4-15)27-9-2-8-25-27)12-18(22(29)21(14)24)23(30)26-19-7-10-31-13-20(19)28/h2-6,8-9,12,19-20,28-29H,7,10-11,13H2,1H3,(H,26,30)/t19-,20-/m0/s1. The molecule has 2 atom stereocenters. The Morgan fingerprint density at radius 2 is 2.13 bits per heavy atom. The van der Waals surface area contributed by atoms with Crippen LogP contribution in [0.2, 0.25) is 0 Å². The van der Waals surface area contributed by atoms with Gasteiger partial charge >= 0.3 is 0 Å². The summed E-state index contributed by atoms with van der Waals surface area (Å²) in [5.74, 6) is -2.13. The van der Waals surface area contributed by atoms with Gasteiger partial charge in [0.1, 0.15) is 0 Å². The Labute approximate surface area is 179 Å². The summed E-state index contributed by atoms with van der Waals surface area (Å²) in [6.07, 6.45) is 3.53. The number of nitrogens with one attached hydrogen (secondary N) is 1. The van der Waals surface area contributed by atoms with Gasteiger partial charge in [0.15, 0.2) is 11.6 Å². The number of rotatable bonds is 5. The van der Waals surface area contributed by atoms with Crippen LogP contribution in [0.3, 0.4) is 0 Å². The molecule has 0 aliphatic carbocycles. The van der Waals surface area contributed by atoms with Crippen LogP contribution in [0.5, 0.6) is 5.75 Å². The van der Waals surface area contributed by atoms with Gasteiger partial charge in [-0.3, -0.25) is 4.79 Å². The van der Waals surface area contributed by atoms with Crippen LogP contribution in [0.25, 0.3) is 5.69 Å². The van der Waals surface area contributed by atoms with Crippen molar-refractivity contribution >= 4 is 5.91 Å². The van der Waals surface area contributed by atoms with E-state index >= 15 is 0 Å². The number of halogens is 1. The summed E-state index contributed by atoms with van der Waals surface area (Å²) in [6.45, 7) is 2.11. The predicted octanol–water partition coefficient (Wildman–Crippen LogP) is 2.50. The van der Waals surface area contributed by atoms with Crippen molar-refractivity contribution in [3.63, 3.8) is 0 Å². The van der Waals surface area contributed by atoms with Gasteiger partial charge in [0, 0.05) is 19.0 Å². The molecule has 2 aromatic carbocycles. The van der Waals surface area contributed by atoms with Crippen molar-refractivity contribution in [3.05, 3.63) is 76.9 Å². The molecule has 1 amide bonds. The lowest BCUT2D eigenvalue weighted by Crippen LogP contribution is -2.48. The number of hydrogen-bond acceptors (Lipinski definition) is 5. The highest BCUT2D eigenvalue weighted by Gasteiger charge is 2.27. The van der Waals surface area contributed by atoms with Gasteiger partial charge in [0.2, 0.25) is 0 Å². The molecule has 0 unspecified atom stereocenters. The van der Waals surface area contributed by atoms with Crippen LogP contribution >= 0.6 is 0 Å². The number of carbonyl (C=O) groups excluding carboxylic acids is 1. The van der Waals surface area contributed by atoms with Crippen LogP contribution in [0.15, 0.2) is 48.8 Å². The Kier molecular flexibility index (Phi) is 6.01. The SMILES string of the molecule is Cc1c(Cc2ccc(-n3cccn3)cc2)cc(C(=O)N[C@H]2CCOC[C@@H]2O)c(O)c1F. The number of amides is 1. The first kappa shape index (κ1) is 21.0. The van der Waals surface area contributed by atoms with Gasteiger partial charge in [0.05, 0.1) is 30.0 Å². The van der Waals surface area contributed by atoms with Crippen molar-refractivity contribution in [2.75, 3.05) is 13.2 Å². The van der Waals surface area contributed by atoms with Crippen LogP contribution in [0, 0.1) is 12.7 Å². The molecule has 4 rings (SSSR count). The van der Waals surface area contributed by atoms with Gasteiger partial charge in [-0.1, -0.05) is 12.1 Å². The fourth-order valence-electron chi connectivity index (χ4n) is 3.69. The fraction of sp³-hybridized carbons (Fsp3) is 0.304. The molecule has 0 spiro atoms. The number of aliphatic hydroxyl groups excluding tert-OH is 1. The van der Waals surface area contributed by atoms with Gasteiger partial charge in [-0.05, 0) is 60.7 Å². The second-order valence-corrected chi connectivity index (χ2v) is 7.68. The summed E-state index contributed by atoms with van der Waals surface area (Å²) >= 11 is 0. The molecule has 1 aliphatic heterocycles.